The molecule has 1 atom stereocenters. The third kappa shape index (κ3) is 2.68. The van der Waals surface area contributed by atoms with E-state index in [0.717, 1.165) is 11.3 Å². The highest BCUT2D eigenvalue weighted by Gasteiger charge is 2.02. The number of hydrogen-bond donors (Lipinski definition) is 0. The Morgan fingerprint density at radius 2 is 2.14 bits per heavy atom. The zero-order chi connectivity index (χ0) is 10.4. The summed E-state index contributed by atoms with van der Waals surface area (Å²) in [5.74, 6) is 0.810. The maximum Gasteiger partial charge on any atom is 0.119 e. The molecule has 0 N–H and O–H groups in total. The van der Waals surface area contributed by atoms with E-state index in [0.29, 0.717) is 6.61 Å². The fourth-order valence-corrected chi connectivity index (χ4v) is 1.08. The van der Waals surface area contributed by atoms with Crippen molar-refractivity contribution >= 4 is 0 Å². The van der Waals surface area contributed by atoms with E-state index in [9.17, 15) is 0 Å². The third-order valence-electron chi connectivity index (χ3n) is 1.77. The molecule has 1 aromatic rings. The topological polar surface area (TPSA) is 58.0 Å². The largest absolute Gasteiger partial charge is 0.494 e. The van der Waals surface area contributed by atoms with Gasteiger partial charge in [-0.25, -0.2) is 0 Å². The van der Waals surface area contributed by atoms with Crippen LogP contribution in [0.4, 0.5) is 0 Å². The Kier molecular flexibility index (Phi) is 3.83. The van der Waals surface area contributed by atoms with Crippen molar-refractivity contribution < 1.29 is 4.74 Å². The molecule has 0 aliphatic rings. The molecule has 1 radical (unpaired) electrons. The molecular weight excluding hydrogens is 178 g/mol. The Morgan fingerprint density at radius 3 is 2.64 bits per heavy atom. The molecule has 4 heteroatoms. The van der Waals surface area contributed by atoms with Gasteiger partial charge in [0.25, 0.3) is 0 Å². The van der Waals surface area contributed by atoms with Crippen LogP contribution in [0.15, 0.2) is 29.4 Å². The maximum atomic E-state index is 8.23. The Balaban J connectivity index is 2.77. The van der Waals surface area contributed by atoms with E-state index < -0.39 is 0 Å². The van der Waals surface area contributed by atoms with Crippen LogP contribution in [0.3, 0.4) is 0 Å². The van der Waals surface area contributed by atoms with Gasteiger partial charge < -0.3 is 4.74 Å². The van der Waals surface area contributed by atoms with Gasteiger partial charge in [-0.3, -0.25) is 0 Å². The summed E-state index contributed by atoms with van der Waals surface area (Å²) in [5, 5.41) is 3.50. The second-order valence-corrected chi connectivity index (χ2v) is 2.72. The molecule has 4 nitrogen and oxygen atoms in total. The average Bonchev–Trinajstić information content (AvgIpc) is 2.20. The fourth-order valence-electron chi connectivity index (χ4n) is 1.08. The van der Waals surface area contributed by atoms with Crippen molar-refractivity contribution in [2.75, 3.05) is 6.61 Å². The predicted octanol–water partition coefficient (Wildman–Crippen LogP) is 3.27. The number of azide groups is 1. The standard InChI is InChI=1S/C10H12N3O/c1-3-14-10-6-4-9(5-7-10)8(2)12-13-11/h4-8H,2-3H2,1H3. The van der Waals surface area contributed by atoms with Crippen LogP contribution in [-0.2, 0) is 0 Å². The van der Waals surface area contributed by atoms with Gasteiger partial charge in [0.2, 0.25) is 0 Å². The first kappa shape index (κ1) is 10.4. The third-order valence-corrected chi connectivity index (χ3v) is 1.77. The number of nitrogens with zero attached hydrogens (tertiary/aromatic N) is 3. The predicted molar refractivity (Wildman–Crippen MR) is 54.9 cm³/mol. The number of benzene rings is 1. The molecule has 0 aromatic heterocycles. The number of hydrogen-bond acceptors (Lipinski definition) is 2. The second-order valence-electron chi connectivity index (χ2n) is 2.72. The second kappa shape index (κ2) is 5.14. The highest BCUT2D eigenvalue weighted by molar-refractivity contribution is 5.29. The molecule has 0 saturated carbocycles. The van der Waals surface area contributed by atoms with Crippen molar-refractivity contribution in [3.05, 3.63) is 47.2 Å². The van der Waals surface area contributed by atoms with Crippen LogP contribution >= 0.6 is 0 Å². The smallest absolute Gasteiger partial charge is 0.119 e. The average molecular weight is 190 g/mol. The Labute approximate surface area is 83.1 Å². The van der Waals surface area contributed by atoms with E-state index in [2.05, 4.69) is 16.9 Å². The van der Waals surface area contributed by atoms with Crippen LogP contribution in [0, 0.1) is 6.92 Å². The monoisotopic (exact) mass is 190 g/mol. The van der Waals surface area contributed by atoms with Gasteiger partial charge in [0, 0.05) is 4.91 Å². The van der Waals surface area contributed by atoms with Gasteiger partial charge in [-0.15, -0.1) is 0 Å². The normalized spacial score (nSPS) is 11.6. The molecule has 1 unspecified atom stereocenters. The molecule has 0 fully saturated rings. The summed E-state index contributed by atoms with van der Waals surface area (Å²) < 4.78 is 5.28. The van der Waals surface area contributed by atoms with E-state index in [-0.39, 0.29) is 6.04 Å². The molecule has 0 aliphatic carbocycles. The molecule has 1 aromatic carbocycles. The number of rotatable bonds is 4. The Bertz CT molecular complexity index is 328. The molecule has 0 spiro atoms. The van der Waals surface area contributed by atoms with E-state index in [1.165, 1.54) is 0 Å². The SMILES string of the molecule is [CH2]C(N=[N+]=[N-])c1ccc(OCC)cc1. The van der Waals surface area contributed by atoms with Crippen molar-refractivity contribution in [3.63, 3.8) is 0 Å². The first-order chi connectivity index (χ1) is 6.77. The molecule has 0 heterocycles. The van der Waals surface area contributed by atoms with E-state index in [4.69, 9.17) is 10.3 Å². The fraction of sp³-hybridized carbons (Fsp3) is 0.300. The van der Waals surface area contributed by atoms with Crippen molar-refractivity contribution in [2.24, 2.45) is 5.11 Å². The minimum absolute atomic E-state index is 0.379. The molecule has 0 saturated heterocycles. The molecular formula is C10H12N3O. The van der Waals surface area contributed by atoms with Crippen molar-refractivity contribution in [1.29, 1.82) is 0 Å². The quantitative estimate of drug-likeness (QED) is 0.408. The van der Waals surface area contributed by atoms with Gasteiger partial charge in [-0.2, -0.15) is 0 Å². The van der Waals surface area contributed by atoms with Gasteiger partial charge in [0.1, 0.15) is 5.75 Å². The summed E-state index contributed by atoms with van der Waals surface area (Å²) in [7, 11) is 0. The molecule has 0 amide bonds. The minimum atomic E-state index is -0.379. The van der Waals surface area contributed by atoms with Crippen molar-refractivity contribution in [3.8, 4) is 5.75 Å². The van der Waals surface area contributed by atoms with E-state index in [1.54, 1.807) is 0 Å². The van der Waals surface area contributed by atoms with Gasteiger partial charge >= 0.3 is 0 Å². The minimum Gasteiger partial charge on any atom is -0.494 e. The lowest BCUT2D eigenvalue weighted by atomic mass is 10.1. The summed E-state index contributed by atoms with van der Waals surface area (Å²) in [6, 6.07) is 6.98. The zero-order valence-electron chi connectivity index (χ0n) is 8.05. The first-order valence-electron chi connectivity index (χ1n) is 4.38. The van der Waals surface area contributed by atoms with Crippen LogP contribution in [0.1, 0.15) is 18.5 Å². The summed E-state index contributed by atoms with van der Waals surface area (Å²) >= 11 is 0. The van der Waals surface area contributed by atoms with Crippen molar-refractivity contribution in [2.45, 2.75) is 13.0 Å². The Hall–Kier alpha value is -1.67. The zero-order valence-corrected chi connectivity index (χ0v) is 8.05. The lowest BCUT2D eigenvalue weighted by Crippen LogP contribution is -1.92. The van der Waals surface area contributed by atoms with E-state index in [1.807, 2.05) is 31.2 Å². The summed E-state index contributed by atoms with van der Waals surface area (Å²) in [5.41, 5.74) is 9.11. The Morgan fingerprint density at radius 1 is 1.50 bits per heavy atom. The molecule has 1 rings (SSSR count). The molecule has 0 bridgehead atoms. The molecule has 0 aliphatic heterocycles. The first-order valence-corrected chi connectivity index (χ1v) is 4.38. The summed E-state index contributed by atoms with van der Waals surface area (Å²) in [6.45, 7) is 6.28. The maximum absolute atomic E-state index is 8.23. The van der Waals surface area contributed by atoms with Crippen LogP contribution in [0.25, 0.3) is 10.4 Å². The van der Waals surface area contributed by atoms with Crippen LogP contribution < -0.4 is 4.74 Å². The van der Waals surface area contributed by atoms with Gasteiger partial charge in [-0.05, 0) is 37.1 Å². The molecule has 73 valence electrons. The summed E-state index contributed by atoms with van der Waals surface area (Å²) in [6.07, 6.45) is 0. The highest BCUT2D eigenvalue weighted by Crippen LogP contribution is 2.19. The summed E-state index contributed by atoms with van der Waals surface area (Å²) in [4.78, 5) is 2.70. The van der Waals surface area contributed by atoms with Crippen LogP contribution in [-0.4, -0.2) is 6.61 Å². The van der Waals surface area contributed by atoms with Crippen LogP contribution in [0.2, 0.25) is 0 Å². The lowest BCUT2D eigenvalue weighted by Gasteiger charge is -2.06. The molecule has 14 heavy (non-hydrogen) atoms. The van der Waals surface area contributed by atoms with Gasteiger partial charge in [0.15, 0.2) is 0 Å². The van der Waals surface area contributed by atoms with Gasteiger partial charge in [-0.1, -0.05) is 17.2 Å². The van der Waals surface area contributed by atoms with Gasteiger partial charge in [0.05, 0.1) is 12.6 Å². The number of ether oxygens (including phenoxy) is 1. The van der Waals surface area contributed by atoms with Crippen LogP contribution in [0.5, 0.6) is 5.75 Å². The van der Waals surface area contributed by atoms with Crippen molar-refractivity contribution in [1.82, 2.24) is 0 Å². The van der Waals surface area contributed by atoms with E-state index >= 15 is 0 Å². The highest BCUT2D eigenvalue weighted by atomic mass is 16.5. The lowest BCUT2D eigenvalue weighted by molar-refractivity contribution is 0.340.